The molecule has 4 heteroatoms. The first-order valence-electron chi connectivity index (χ1n) is 7.24. The summed E-state index contributed by atoms with van der Waals surface area (Å²) in [5.41, 5.74) is 2.54. The summed E-state index contributed by atoms with van der Waals surface area (Å²) in [7, 11) is 0. The highest BCUT2D eigenvalue weighted by Gasteiger charge is 2.27. The first kappa shape index (κ1) is 13.4. The van der Waals surface area contributed by atoms with Gasteiger partial charge in [-0.15, -0.1) is 0 Å². The minimum atomic E-state index is 0.00458. The van der Waals surface area contributed by atoms with Crippen LogP contribution in [0.3, 0.4) is 0 Å². The Morgan fingerprint density at radius 3 is 2.82 bits per heavy atom. The van der Waals surface area contributed by atoms with Crippen molar-refractivity contribution in [1.29, 1.82) is 0 Å². The Morgan fingerprint density at radius 2 is 2.00 bits per heavy atom. The Labute approximate surface area is 132 Å². The smallest absolute Gasteiger partial charge is 0.206 e. The number of benzene rings is 2. The van der Waals surface area contributed by atoms with E-state index in [4.69, 9.17) is 16.3 Å². The van der Waals surface area contributed by atoms with E-state index in [1.165, 1.54) is 0 Å². The van der Waals surface area contributed by atoms with Gasteiger partial charge in [0, 0.05) is 16.8 Å². The standard InChI is InChI=1S/C18H14ClNO2/c1-11-9-15-17(21)14-7-2-3-8-16(14)20(18(15)22-11)13-6-4-5-12(19)10-13/h2-8,10-11H,9H2,1H3. The molecule has 1 unspecified atom stereocenters. The molecule has 2 heterocycles. The number of nitrogens with zero attached hydrogens (tertiary/aromatic N) is 1. The molecule has 0 N–H and O–H groups in total. The summed E-state index contributed by atoms with van der Waals surface area (Å²) in [6, 6.07) is 15.2. The Morgan fingerprint density at radius 1 is 1.18 bits per heavy atom. The predicted octanol–water partition coefficient (Wildman–Crippen LogP) is 3.97. The van der Waals surface area contributed by atoms with E-state index in [-0.39, 0.29) is 11.5 Å². The number of para-hydroxylation sites is 1. The second-order valence-corrected chi connectivity index (χ2v) is 6.01. The second-order valence-electron chi connectivity index (χ2n) is 5.58. The van der Waals surface area contributed by atoms with E-state index in [9.17, 15) is 4.79 Å². The second kappa shape index (κ2) is 4.89. The van der Waals surface area contributed by atoms with Crippen LogP contribution in [-0.4, -0.2) is 10.7 Å². The Hall–Kier alpha value is -2.26. The average Bonchev–Trinajstić information content (AvgIpc) is 2.89. The lowest BCUT2D eigenvalue weighted by Gasteiger charge is -2.16. The predicted molar refractivity (Wildman–Crippen MR) is 88.3 cm³/mol. The summed E-state index contributed by atoms with van der Waals surface area (Å²) in [5.74, 6) is 0.637. The maximum atomic E-state index is 12.7. The van der Waals surface area contributed by atoms with Gasteiger partial charge in [0.2, 0.25) is 5.88 Å². The quantitative estimate of drug-likeness (QED) is 0.681. The number of pyridine rings is 1. The van der Waals surface area contributed by atoms with Crippen molar-refractivity contribution in [3.05, 3.63) is 69.3 Å². The SMILES string of the molecule is CC1Cc2c(n(-c3cccc(Cl)c3)c3ccccc3c2=O)O1. The van der Waals surface area contributed by atoms with Crippen molar-refractivity contribution in [3.63, 3.8) is 0 Å². The third-order valence-corrected chi connectivity index (χ3v) is 4.23. The fraction of sp³-hybridized carbons (Fsp3) is 0.167. The zero-order chi connectivity index (χ0) is 15.3. The van der Waals surface area contributed by atoms with Gasteiger partial charge in [-0.2, -0.15) is 0 Å². The minimum absolute atomic E-state index is 0.00458. The zero-order valence-corrected chi connectivity index (χ0v) is 12.8. The molecule has 0 saturated heterocycles. The Balaban J connectivity index is 2.16. The molecule has 0 bridgehead atoms. The number of hydrogen-bond acceptors (Lipinski definition) is 2. The van der Waals surface area contributed by atoms with Crippen molar-refractivity contribution < 1.29 is 4.74 Å². The number of hydrogen-bond donors (Lipinski definition) is 0. The Kier molecular flexibility index (Phi) is 2.98. The molecule has 0 fully saturated rings. The molecule has 0 amide bonds. The molecule has 4 rings (SSSR count). The topological polar surface area (TPSA) is 31.2 Å². The fourth-order valence-corrected chi connectivity index (χ4v) is 3.24. The van der Waals surface area contributed by atoms with Crippen LogP contribution >= 0.6 is 11.6 Å². The lowest BCUT2D eigenvalue weighted by atomic mass is 10.1. The van der Waals surface area contributed by atoms with Crippen LogP contribution in [0.5, 0.6) is 5.88 Å². The molecule has 3 aromatic rings. The molecule has 3 nitrogen and oxygen atoms in total. The van der Waals surface area contributed by atoms with Crippen LogP contribution in [0.2, 0.25) is 5.02 Å². The molecule has 110 valence electrons. The van der Waals surface area contributed by atoms with E-state index in [2.05, 4.69) is 0 Å². The van der Waals surface area contributed by atoms with Crippen molar-refractivity contribution in [3.8, 4) is 11.6 Å². The fourth-order valence-electron chi connectivity index (χ4n) is 3.06. The molecular weight excluding hydrogens is 298 g/mol. The monoisotopic (exact) mass is 311 g/mol. The van der Waals surface area contributed by atoms with Gasteiger partial charge in [-0.25, -0.2) is 0 Å². The number of ether oxygens (including phenoxy) is 1. The van der Waals surface area contributed by atoms with E-state index in [1.54, 1.807) is 0 Å². The van der Waals surface area contributed by atoms with Gasteiger partial charge in [-0.05, 0) is 37.3 Å². The summed E-state index contributed by atoms with van der Waals surface area (Å²) < 4.78 is 7.93. The van der Waals surface area contributed by atoms with Gasteiger partial charge >= 0.3 is 0 Å². The zero-order valence-electron chi connectivity index (χ0n) is 12.0. The van der Waals surface area contributed by atoms with Gasteiger partial charge in [0.1, 0.15) is 6.10 Å². The molecule has 0 saturated carbocycles. The molecule has 0 spiro atoms. The number of halogens is 1. The molecule has 22 heavy (non-hydrogen) atoms. The van der Waals surface area contributed by atoms with Crippen LogP contribution in [0.1, 0.15) is 12.5 Å². The molecule has 1 atom stereocenters. The summed E-state index contributed by atoms with van der Waals surface area (Å²) >= 11 is 6.14. The van der Waals surface area contributed by atoms with Crippen LogP contribution in [-0.2, 0) is 6.42 Å². The Bertz CT molecular complexity index is 945. The van der Waals surface area contributed by atoms with E-state index in [1.807, 2.05) is 60.0 Å². The maximum absolute atomic E-state index is 12.7. The van der Waals surface area contributed by atoms with Crippen LogP contribution in [0.25, 0.3) is 16.6 Å². The third-order valence-electron chi connectivity index (χ3n) is 4.00. The largest absolute Gasteiger partial charge is 0.475 e. The molecule has 1 aromatic heterocycles. The summed E-state index contributed by atoms with van der Waals surface area (Å²) in [4.78, 5) is 12.7. The number of rotatable bonds is 1. The van der Waals surface area contributed by atoms with Crippen LogP contribution < -0.4 is 10.2 Å². The molecular formula is C18H14ClNO2. The molecule has 1 aliphatic rings. The minimum Gasteiger partial charge on any atom is -0.475 e. The van der Waals surface area contributed by atoms with Gasteiger partial charge in [-0.3, -0.25) is 9.36 Å². The third kappa shape index (κ3) is 1.93. The lowest BCUT2D eigenvalue weighted by molar-refractivity contribution is 0.242. The molecule has 0 radical (unpaired) electrons. The molecule has 1 aliphatic heterocycles. The maximum Gasteiger partial charge on any atom is 0.206 e. The van der Waals surface area contributed by atoms with Crippen LogP contribution in [0.15, 0.2) is 53.3 Å². The highest BCUT2D eigenvalue weighted by atomic mass is 35.5. The summed E-state index contributed by atoms with van der Waals surface area (Å²) in [6.07, 6.45) is 0.643. The van der Waals surface area contributed by atoms with Crippen molar-refractivity contribution in [2.24, 2.45) is 0 Å². The summed E-state index contributed by atoms with van der Waals surface area (Å²) in [5, 5.41) is 1.36. The van der Waals surface area contributed by atoms with Gasteiger partial charge in [0.15, 0.2) is 5.43 Å². The summed E-state index contributed by atoms with van der Waals surface area (Å²) in [6.45, 7) is 1.98. The van der Waals surface area contributed by atoms with E-state index in [0.29, 0.717) is 22.7 Å². The van der Waals surface area contributed by atoms with Crippen molar-refractivity contribution in [2.45, 2.75) is 19.4 Å². The first-order chi connectivity index (χ1) is 10.6. The molecule has 2 aromatic carbocycles. The van der Waals surface area contributed by atoms with Gasteiger partial charge in [-0.1, -0.05) is 29.8 Å². The molecule has 0 aliphatic carbocycles. The highest BCUT2D eigenvalue weighted by molar-refractivity contribution is 6.30. The van der Waals surface area contributed by atoms with Crippen LogP contribution in [0.4, 0.5) is 0 Å². The van der Waals surface area contributed by atoms with E-state index in [0.717, 1.165) is 16.8 Å². The van der Waals surface area contributed by atoms with Gasteiger partial charge in [0.05, 0.1) is 16.8 Å². The number of fused-ring (bicyclic) bond motifs is 2. The van der Waals surface area contributed by atoms with Gasteiger partial charge < -0.3 is 4.74 Å². The van der Waals surface area contributed by atoms with Crippen molar-refractivity contribution in [1.82, 2.24) is 4.57 Å². The van der Waals surface area contributed by atoms with Crippen LogP contribution in [0, 0.1) is 0 Å². The van der Waals surface area contributed by atoms with Crippen molar-refractivity contribution in [2.75, 3.05) is 0 Å². The normalized spacial score (nSPS) is 16.5. The van der Waals surface area contributed by atoms with E-state index < -0.39 is 0 Å². The first-order valence-corrected chi connectivity index (χ1v) is 7.62. The van der Waals surface area contributed by atoms with Gasteiger partial charge in [0.25, 0.3) is 0 Å². The lowest BCUT2D eigenvalue weighted by Crippen LogP contribution is -2.13. The van der Waals surface area contributed by atoms with Crippen molar-refractivity contribution >= 4 is 22.5 Å². The highest BCUT2D eigenvalue weighted by Crippen LogP contribution is 2.33. The average molecular weight is 312 g/mol. The van der Waals surface area contributed by atoms with E-state index >= 15 is 0 Å². The number of aromatic nitrogens is 1.